The summed E-state index contributed by atoms with van der Waals surface area (Å²) in [6.07, 6.45) is 13.9. The van der Waals surface area contributed by atoms with Crippen LogP contribution in [-0.4, -0.2) is 41.6 Å². The van der Waals surface area contributed by atoms with Crippen LogP contribution in [0.25, 0.3) is 0 Å². The van der Waals surface area contributed by atoms with E-state index in [1.807, 2.05) is 0 Å². The molecule has 4 atom stereocenters. The number of nitrogens with one attached hydrogen (secondary N) is 1. The van der Waals surface area contributed by atoms with Crippen molar-refractivity contribution in [3.8, 4) is 0 Å². The molecule has 0 unspecified atom stereocenters. The summed E-state index contributed by atoms with van der Waals surface area (Å²) in [5.74, 6) is 1.09. The Hall–Kier alpha value is -0.880. The van der Waals surface area contributed by atoms with E-state index in [1.165, 1.54) is 32.1 Å². The summed E-state index contributed by atoms with van der Waals surface area (Å²) >= 11 is 5.38. The first kappa shape index (κ1) is 20.8. The molecule has 0 aromatic carbocycles. The predicted molar refractivity (Wildman–Crippen MR) is 109 cm³/mol. The van der Waals surface area contributed by atoms with Crippen molar-refractivity contribution in [1.29, 1.82) is 0 Å². The number of unbranched alkanes of at least 4 members (excludes halogenated alkanes) is 3. The fourth-order valence-corrected chi connectivity index (χ4v) is 5.33. The minimum absolute atomic E-state index is 0.291. The zero-order valence-electron chi connectivity index (χ0n) is 16.4. The molecule has 1 aliphatic carbocycles. The van der Waals surface area contributed by atoms with Gasteiger partial charge in [-0.3, -0.25) is 4.79 Å². The Balaban J connectivity index is 1.33. The Morgan fingerprint density at radius 1 is 1.04 bits per heavy atom. The number of ether oxygens (including phenoxy) is 2. The fraction of sp³-hybridized carbons (Fsp3) is 0.905. The normalized spacial score (nSPS) is 29.9. The third-order valence-electron chi connectivity index (χ3n) is 6.69. The molecule has 6 heteroatoms. The fourth-order valence-electron chi connectivity index (χ4n) is 5.18. The van der Waals surface area contributed by atoms with Gasteiger partial charge in [0, 0.05) is 18.9 Å². The molecule has 5 nitrogen and oxygen atoms in total. The van der Waals surface area contributed by atoms with Gasteiger partial charge < -0.3 is 19.9 Å². The number of hydrogen-bond acceptors (Lipinski definition) is 4. The van der Waals surface area contributed by atoms with Gasteiger partial charge in [0.1, 0.15) is 0 Å². The van der Waals surface area contributed by atoms with E-state index in [0.717, 1.165) is 51.0 Å². The highest BCUT2D eigenvalue weighted by Gasteiger charge is 2.48. The third-order valence-corrected chi connectivity index (χ3v) is 6.95. The van der Waals surface area contributed by atoms with E-state index in [9.17, 15) is 4.79 Å². The summed E-state index contributed by atoms with van der Waals surface area (Å²) in [6, 6.07) is 0. The molecule has 2 aliphatic heterocycles. The van der Waals surface area contributed by atoms with Crippen molar-refractivity contribution in [3.63, 3.8) is 0 Å². The van der Waals surface area contributed by atoms with Crippen molar-refractivity contribution in [1.82, 2.24) is 5.32 Å². The van der Waals surface area contributed by atoms with Gasteiger partial charge in [-0.05, 0) is 62.6 Å². The van der Waals surface area contributed by atoms with E-state index in [4.69, 9.17) is 26.8 Å². The second kappa shape index (κ2) is 10.6. The van der Waals surface area contributed by atoms with Crippen LogP contribution in [0, 0.1) is 17.8 Å². The summed E-state index contributed by atoms with van der Waals surface area (Å²) in [4.78, 5) is 10.6. The van der Waals surface area contributed by atoms with Gasteiger partial charge in [0.2, 0.25) is 0 Å². The molecule has 27 heavy (non-hydrogen) atoms. The maximum atomic E-state index is 10.6. The number of hydrogen-bond donors (Lipinski definition) is 2. The highest BCUT2D eigenvalue weighted by Crippen LogP contribution is 2.45. The van der Waals surface area contributed by atoms with Gasteiger partial charge in [-0.2, -0.15) is 0 Å². The number of rotatable bonds is 11. The summed E-state index contributed by atoms with van der Waals surface area (Å²) in [5.41, 5.74) is 0. The van der Waals surface area contributed by atoms with Crippen molar-refractivity contribution < 1.29 is 19.4 Å². The summed E-state index contributed by atoms with van der Waals surface area (Å²) < 4.78 is 12.1. The van der Waals surface area contributed by atoms with E-state index in [-0.39, 0.29) is 0 Å². The van der Waals surface area contributed by atoms with E-state index in [0.29, 0.717) is 42.2 Å². The topological polar surface area (TPSA) is 67.8 Å². The van der Waals surface area contributed by atoms with E-state index in [1.54, 1.807) is 0 Å². The first-order valence-corrected chi connectivity index (χ1v) is 11.3. The molecule has 2 heterocycles. The maximum absolute atomic E-state index is 10.6. The second-order valence-corrected chi connectivity index (χ2v) is 8.97. The second-order valence-electron chi connectivity index (χ2n) is 8.59. The van der Waals surface area contributed by atoms with E-state index in [2.05, 4.69) is 5.32 Å². The van der Waals surface area contributed by atoms with Gasteiger partial charge in [0.05, 0.1) is 18.8 Å². The molecule has 2 N–H and O–H groups in total. The molecule has 2 saturated heterocycles. The molecule has 0 spiro atoms. The number of fused-ring (bicyclic) bond motifs is 2. The lowest BCUT2D eigenvalue weighted by atomic mass is 9.77. The number of carboxylic acids is 1. The van der Waals surface area contributed by atoms with Gasteiger partial charge in [0.15, 0.2) is 0 Å². The quantitative estimate of drug-likeness (QED) is 0.400. The van der Waals surface area contributed by atoms with Crippen LogP contribution in [0.5, 0.6) is 0 Å². The molecule has 0 aromatic heterocycles. The first-order valence-electron chi connectivity index (χ1n) is 10.9. The minimum atomic E-state index is -0.689. The molecule has 3 rings (SSSR count). The van der Waals surface area contributed by atoms with Crippen molar-refractivity contribution in [3.05, 3.63) is 0 Å². The first-order chi connectivity index (χ1) is 13.1. The lowest BCUT2D eigenvalue weighted by Crippen LogP contribution is -2.35. The number of thiocarbonyl (C=S) groups is 1. The highest BCUT2D eigenvalue weighted by atomic mass is 32.1. The molecular formula is C21H35NO4S. The summed E-state index contributed by atoms with van der Waals surface area (Å²) in [6.45, 7) is 1.62. The average Bonchev–Trinajstić information content (AvgIpc) is 3.38. The Morgan fingerprint density at radius 2 is 1.74 bits per heavy atom. The molecule has 0 radical (unpaired) electrons. The standard InChI is InChI=1S/C21H35NO4S/c23-20(24)10-4-2-1-3-9-16-17(19-12-11-18(16)26-19)14-25-21(27)22-13-15-7-5-6-8-15/h15-19H,1-14H2,(H,22,27)(H,23,24)/t16-,17-,18+,19-/m1/s1. The lowest BCUT2D eigenvalue weighted by molar-refractivity contribution is -0.137. The Kier molecular flexibility index (Phi) is 8.19. The number of aliphatic carboxylic acids is 1. The lowest BCUT2D eigenvalue weighted by Gasteiger charge is -2.28. The maximum Gasteiger partial charge on any atom is 0.303 e. The zero-order valence-corrected chi connectivity index (χ0v) is 17.2. The minimum Gasteiger partial charge on any atom is -0.481 e. The Bertz CT molecular complexity index is 495. The average molecular weight is 398 g/mol. The van der Waals surface area contributed by atoms with Crippen molar-refractivity contribution >= 4 is 23.4 Å². The van der Waals surface area contributed by atoms with Crippen LogP contribution >= 0.6 is 12.2 Å². The summed E-state index contributed by atoms with van der Waals surface area (Å²) in [5, 5.41) is 12.6. The van der Waals surface area contributed by atoms with Crippen LogP contribution in [0.15, 0.2) is 0 Å². The van der Waals surface area contributed by atoms with Crippen LogP contribution in [0.4, 0.5) is 0 Å². The monoisotopic (exact) mass is 397 g/mol. The van der Waals surface area contributed by atoms with Crippen LogP contribution in [0.1, 0.15) is 77.0 Å². The van der Waals surface area contributed by atoms with Gasteiger partial charge in [-0.25, -0.2) is 0 Å². The number of carboxylic acid groups (broad SMARTS) is 1. The van der Waals surface area contributed by atoms with Gasteiger partial charge in [0.25, 0.3) is 5.17 Å². The van der Waals surface area contributed by atoms with E-state index < -0.39 is 5.97 Å². The molecule has 3 fully saturated rings. The molecule has 0 amide bonds. The Labute approximate surface area is 168 Å². The zero-order chi connectivity index (χ0) is 19.1. The van der Waals surface area contributed by atoms with Crippen molar-refractivity contribution in [2.24, 2.45) is 17.8 Å². The van der Waals surface area contributed by atoms with Crippen LogP contribution in [0.2, 0.25) is 0 Å². The highest BCUT2D eigenvalue weighted by molar-refractivity contribution is 7.80. The van der Waals surface area contributed by atoms with Crippen LogP contribution in [-0.2, 0) is 14.3 Å². The molecule has 3 aliphatic rings. The SMILES string of the molecule is O=C(O)CCCCCC[C@@H]1[C@@H](COC(=S)NCC2CCCC2)[C@H]2CC[C@@H]1O2. The largest absolute Gasteiger partial charge is 0.481 e. The molecular weight excluding hydrogens is 362 g/mol. The molecule has 0 aromatic rings. The molecule has 1 saturated carbocycles. The smallest absolute Gasteiger partial charge is 0.303 e. The van der Waals surface area contributed by atoms with E-state index >= 15 is 0 Å². The molecule has 154 valence electrons. The Morgan fingerprint density at radius 3 is 2.48 bits per heavy atom. The van der Waals surface area contributed by atoms with Crippen molar-refractivity contribution in [2.75, 3.05) is 13.2 Å². The number of carbonyl (C=O) groups is 1. The third kappa shape index (κ3) is 6.31. The van der Waals surface area contributed by atoms with Gasteiger partial charge >= 0.3 is 5.97 Å². The van der Waals surface area contributed by atoms with Crippen LogP contribution < -0.4 is 5.32 Å². The van der Waals surface area contributed by atoms with Crippen LogP contribution in [0.3, 0.4) is 0 Å². The molecule has 2 bridgehead atoms. The predicted octanol–water partition coefficient (Wildman–Crippen LogP) is 4.29. The summed E-state index contributed by atoms with van der Waals surface area (Å²) in [7, 11) is 0. The van der Waals surface area contributed by atoms with Gasteiger partial charge in [-0.1, -0.05) is 32.1 Å². The van der Waals surface area contributed by atoms with Gasteiger partial charge in [-0.15, -0.1) is 0 Å². The van der Waals surface area contributed by atoms with Crippen molar-refractivity contribution in [2.45, 2.75) is 89.3 Å².